The number of carbonyl (C=O) groups is 1. The molecule has 0 aliphatic rings. The predicted octanol–water partition coefficient (Wildman–Crippen LogP) is 5.29. The third-order valence-corrected chi connectivity index (χ3v) is 6.24. The summed E-state index contributed by atoms with van der Waals surface area (Å²) >= 11 is 0. The maximum absolute atomic E-state index is 13.2. The minimum atomic E-state index is -3.92. The lowest BCUT2D eigenvalue weighted by Crippen LogP contribution is -2.16. The lowest BCUT2D eigenvalue weighted by Gasteiger charge is -2.15. The Labute approximate surface area is 186 Å². The number of sulfonamides is 1. The van der Waals surface area contributed by atoms with Crippen LogP contribution < -0.4 is 14.8 Å². The third kappa shape index (κ3) is 4.58. The summed E-state index contributed by atoms with van der Waals surface area (Å²) in [5.41, 5.74) is 1.21. The van der Waals surface area contributed by atoms with Crippen molar-refractivity contribution in [3.63, 3.8) is 0 Å². The fraction of sp³-hybridized carbons (Fsp3) is 0.0800. The van der Waals surface area contributed by atoms with Crippen LogP contribution in [0.15, 0.2) is 95.9 Å². The van der Waals surface area contributed by atoms with Crippen molar-refractivity contribution in [3.05, 3.63) is 96.6 Å². The zero-order valence-corrected chi connectivity index (χ0v) is 18.2. The number of hydrogen-bond donors (Lipinski definition) is 2. The van der Waals surface area contributed by atoms with Crippen molar-refractivity contribution in [1.29, 1.82) is 0 Å². The van der Waals surface area contributed by atoms with Crippen LogP contribution in [0.4, 0.5) is 11.4 Å². The minimum absolute atomic E-state index is 0.0113. The summed E-state index contributed by atoms with van der Waals surface area (Å²) in [5, 5.41) is 4.48. The second kappa shape index (κ2) is 9.11. The molecule has 0 bridgehead atoms. The molecule has 0 unspecified atom stereocenters. The molecule has 0 aliphatic heterocycles. The standard InChI is InChI=1S/C25H22N2O4S/c1-2-31-24-16-15-20(17-23(24)26-25(28)19-10-4-3-5-11-19)32(29,30)27-22-14-8-12-18-9-6-7-13-21(18)22/h3-17,27H,2H2,1H3,(H,26,28). The Kier molecular flexibility index (Phi) is 6.09. The van der Waals surface area contributed by atoms with E-state index in [-0.39, 0.29) is 16.5 Å². The average Bonchev–Trinajstić information content (AvgIpc) is 2.81. The van der Waals surface area contributed by atoms with Gasteiger partial charge in [0.15, 0.2) is 0 Å². The Morgan fingerprint density at radius 3 is 2.34 bits per heavy atom. The highest BCUT2D eigenvalue weighted by molar-refractivity contribution is 7.92. The lowest BCUT2D eigenvalue weighted by atomic mass is 10.1. The van der Waals surface area contributed by atoms with Gasteiger partial charge in [0.1, 0.15) is 5.75 Å². The molecular formula is C25H22N2O4S. The molecule has 0 spiro atoms. The Morgan fingerprint density at radius 2 is 1.56 bits per heavy atom. The van der Waals surface area contributed by atoms with Gasteiger partial charge in [-0.3, -0.25) is 9.52 Å². The van der Waals surface area contributed by atoms with Crippen LogP contribution in [0.2, 0.25) is 0 Å². The molecule has 7 heteroatoms. The first-order valence-electron chi connectivity index (χ1n) is 10.1. The van der Waals surface area contributed by atoms with Crippen LogP contribution >= 0.6 is 0 Å². The van der Waals surface area contributed by atoms with Gasteiger partial charge < -0.3 is 10.1 Å². The summed E-state index contributed by atoms with van der Waals surface area (Å²) in [6.45, 7) is 2.18. The molecule has 32 heavy (non-hydrogen) atoms. The van der Waals surface area contributed by atoms with E-state index in [1.54, 1.807) is 42.5 Å². The van der Waals surface area contributed by atoms with E-state index in [2.05, 4.69) is 10.0 Å². The van der Waals surface area contributed by atoms with Gasteiger partial charge in [0, 0.05) is 10.9 Å². The van der Waals surface area contributed by atoms with Crippen LogP contribution in [0.3, 0.4) is 0 Å². The highest BCUT2D eigenvalue weighted by Crippen LogP contribution is 2.31. The molecule has 0 aromatic heterocycles. The van der Waals surface area contributed by atoms with E-state index in [1.807, 2.05) is 43.3 Å². The first kappa shape index (κ1) is 21.4. The van der Waals surface area contributed by atoms with Gasteiger partial charge in [0.2, 0.25) is 0 Å². The maximum Gasteiger partial charge on any atom is 0.261 e. The monoisotopic (exact) mass is 446 g/mol. The molecule has 0 saturated carbocycles. The van der Waals surface area contributed by atoms with Gasteiger partial charge >= 0.3 is 0 Å². The second-order valence-corrected chi connectivity index (χ2v) is 8.73. The Morgan fingerprint density at radius 1 is 0.844 bits per heavy atom. The molecule has 0 heterocycles. The molecule has 1 amide bonds. The van der Waals surface area contributed by atoms with Gasteiger partial charge in [0.25, 0.3) is 15.9 Å². The van der Waals surface area contributed by atoms with Gasteiger partial charge in [-0.25, -0.2) is 8.42 Å². The molecule has 0 atom stereocenters. The summed E-state index contributed by atoms with van der Waals surface area (Å²) in [6, 6.07) is 26.0. The Balaban J connectivity index is 1.68. The number of ether oxygens (including phenoxy) is 1. The van der Waals surface area contributed by atoms with Gasteiger partial charge in [0.05, 0.1) is 22.9 Å². The third-order valence-electron chi connectivity index (χ3n) is 4.88. The van der Waals surface area contributed by atoms with Gasteiger partial charge in [-0.15, -0.1) is 0 Å². The number of amides is 1. The SMILES string of the molecule is CCOc1ccc(S(=O)(=O)Nc2cccc3ccccc23)cc1NC(=O)c1ccccc1. The fourth-order valence-electron chi connectivity index (χ4n) is 3.36. The first-order valence-corrected chi connectivity index (χ1v) is 11.6. The molecule has 0 aliphatic carbocycles. The van der Waals surface area contributed by atoms with E-state index < -0.39 is 10.0 Å². The molecule has 4 aromatic rings. The van der Waals surface area contributed by atoms with Gasteiger partial charge in [-0.2, -0.15) is 0 Å². The van der Waals surface area contributed by atoms with Crippen molar-refractivity contribution in [2.24, 2.45) is 0 Å². The van der Waals surface area contributed by atoms with Crippen molar-refractivity contribution in [2.45, 2.75) is 11.8 Å². The summed E-state index contributed by atoms with van der Waals surface area (Å²) in [7, 11) is -3.92. The van der Waals surface area contributed by atoms with Crippen molar-refractivity contribution < 1.29 is 17.9 Å². The lowest BCUT2D eigenvalue weighted by molar-refractivity contribution is 0.102. The molecule has 162 valence electrons. The first-order chi connectivity index (χ1) is 15.5. The van der Waals surface area contributed by atoms with E-state index in [4.69, 9.17) is 4.74 Å². The van der Waals surface area contributed by atoms with E-state index in [1.165, 1.54) is 12.1 Å². The minimum Gasteiger partial charge on any atom is -0.492 e. The molecule has 2 N–H and O–H groups in total. The highest BCUT2D eigenvalue weighted by Gasteiger charge is 2.19. The molecular weight excluding hydrogens is 424 g/mol. The molecule has 4 aromatic carbocycles. The van der Waals surface area contributed by atoms with Gasteiger partial charge in [-0.05, 0) is 48.7 Å². The summed E-state index contributed by atoms with van der Waals surface area (Å²) in [5.74, 6) is 0.0315. The fourth-order valence-corrected chi connectivity index (χ4v) is 4.46. The van der Waals surface area contributed by atoms with E-state index >= 15 is 0 Å². The number of hydrogen-bond acceptors (Lipinski definition) is 4. The zero-order chi connectivity index (χ0) is 22.6. The topological polar surface area (TPSA) is 84.5 Å². The maximum atomic E-state index is 13.2. The van der Waals surface area contributed by atoms with E-state index in [0.29, 0.717) is 23.6 Å². The quantitative estimate of drug-likeness (QED) is 0.404. The molecule has 4 rings (SSSR count). The van der Waals surface area contributed by atoms with E-state index in [0.717, 1.165) is 10.8 Å². The van der Waals surface area contributed by atoms with Crippen LogP contribution in [0.5, 0.6) is 5.75 Å². The smallest absolute Gasteiger partial charge is 0.261 e. The largest absolute Gasteiger partial charge is 0.492 e. The normalized spacial score (nSPS) is 11.2. The van der Waals surface area contributed by atoms with Crippen molar-refractivity contribution in [1.82, 2.24) is 0 Å². The number of benzene rings is 4. The summed E-state index contributed by atoms with van der Waals surface area (Å²) in [6.07, 6.45) is 0. The van der Waals surface area contributed by atoms with Crippen LogP contribution in [-0.2, 0) is 10.0 Å². The van der Waals surface area contributed by atoms with Crippen LogP contribution in [-0.4, -0.2) is 20.9 Å². The zero-order valence-electron chi connectivity index (χ0n) is 17.4. The predicted molar refractivity (Wildman–Crippen MR) is 127 cm³/mol. The van der Waals surface area contributed by atoms with E-state index in [9.17, 15) is 13.2 Å². The Bertz CT molecular complexity index is 1360. The van der Waals surface area contributed by atoms with Crippen molar-refractivity contribution >= 4 is 38.1 Å². The van der Waals surface area contributed by atoms with Crippen LogP contribution in [0.25, 0.3) is 10.8 Å². The highest BCUT2D eigenvalue weighted by atomic mass is 32.2. The van der Waals surface area contributed by atoms with Gasteiger partial charge in [-0.1, -0.05) is 54.6 Å². The summed E-state index contributed by atoms with van der Waals surface area (Å²) < 4.78 is 34.6. The number of fused-ring (bicyclic) bond motifs is 1. The van der Waals surface area contributed by atoms with Crippen molar-refractivity contribution in [2.75, 3.05) is 16.6 Å². The van der Waals surface area contributed by atoms with Crippen LogP contribution in [0, 0.1) is 0 Å². The van der Waals surface area contributed by atoms with Crippen LogP contribution in [0.1, 0.15) is 17.3 Å². The average molecular weight is 447 g/mol. The number of rotatable bonds is 7. The Hall–Kier alpha value is -3.84. The molecule has 6 nitrogen and oxygen atoms in total. The molecule has 0 saturated heterocycles. The molecule has 0 fully saturated rings. The molecule has 0 radical (unpaired) electrons. The summed E-state index contributed by atoms with van der Waals surface area (Å²) in [4.78, 5) is 12.6. The number of nitrogens with one attached hydrogen (secondary N) is 2. The second-order valence-electron chi connectivity index (χ2n) is 7.04. The number of anilines is 2. The number of carbonyl (C=O) groups excluding carboxylic acids is 1. The van der Waals surface area contributed by atoms with Crippen molar-refractivity contribution in [3.8, 4) is 5.75 Å².